The zero-order chi connectivity index (χ0) is 14.4. The van der Waals surface area contributed by atoms with Crippen molar-refractivity contribution in [3.63, 3.8) is 0 Å². The molecule has 1 aromatic heterocycles. The Morgan fingerprint density at radius 3 is 2.75 bits per heavy atom. The third-order valence-corrected chi connectivity index (χ3v) is 3.10. The second-order valence-corrected chi connectivity index (χ2v) is 4.74. The molecule has 1 aromatic carbocycles. The predicted molar refractivity (Wildman–Crippen MR) is 79.4 cm³/mol. The van der Waals surface area contributed by atoms with Crippen molar-refractivity contribution in [3.8, 4) is 5.75 Å². The van der Waals surface area contributed by atoms with Crippen molar-refractivity contribution in [2.45, 2.75) is 26.3 Å². The number of aromatic nitrogens is 2. The van der Waals surface area contributed by atoms with Gasteiger partial charge < -0.3 is 4.74 Å². The minimum atomic E-state index is -0.110. The summed E-state index contributed by atoms with van der Waals surface area (Å²) in [5.41, 5.74) is -0.110. The van der Waals surface area contributed by atoms with Gasteiger partial charge in [-0.05, 0) is 18.6 Å². The smallest absolute Gasteiger partial charge is 0.254 e. The molecule has 0 N–H and O–H groups in total. The average molecular weight is 293 g/mol. The van der Waals surface area contributed by atoms with Gasteiger partial charge in [0, 0.05) is 19.0 Å². The second kappa shape index (κ2) is 7.10. The van der Waals surface area contributed by atoms with Gasteiger partial charge in [-0.2, -0.15) is 0 Å². The van der Waals surface area contributed by atoms with E-state index in [9.17, 15) is 4.79 Å². The van der Waals surface area contributed by atoms with E-state index in [1.165, 1.54) is 6.07 Å². The van der Waals surface area contributed by atoms with Gasteiger partial charge in [0.05, 0.1) is 6.61 Å². The van der Waals surface area contributed by atoms with E-state index in [0.29, 0.717) is 25.4 Å². The van der Waals surface area contributed by atoms with Crippen LogP contribution in [0.3, 0.4) is 0 Å². The van der Waals surface area contributed by atoms with E-state index in [2.05, 4.69) is 4.98 Å². The van der Waals surface area contributed by atoms with Crippen LogP contribution >= 0.6 is 11.6 Å². The molecule has 0 radical (unpaired) electrons. The maximum Gasteiger partial charge on any atom is 0.254 e. The topological polar surface area (TPSA) is 44.1 Å². The molecule has 0 saturated carbocycles. The van der Waals surface area contributed by atoms with Crippen molar-refractivity contribution in [2.24, 2.45) is 0 Å². The van der Waals surface area contributed by atoms with Crippen LogP contribution in [0.1, 0.15) is 19.2 Å². The molecule has 5 heteroatoms. The Morgan fingerprint density at radius 1 is 1.30 bits per heavy atom. The summed E-state index contributed by atoms with van der Waals surface area (Å²) in [4.78, 5) is 16.1. The average Bonchev–Trinajstić information content (AvgIpc) is 2.45. The van der Waals surface area contributed by atoms with Gasteiger partial charge in [0.15, 0.2) is 0 Å². The highest BCUT2D eigenvalue weighted by molar-refractivity contribution is 6.29. The molecule has 4 nitrogen and oxygen atoms in total. The molecule has 0 atom stereocenters. The van der Waals surface area contributed by atoms with Gasteiger partial charge >= 0.3 is 0 Å². The fourth-order valence-corrected chi connectivity index (χ4v) is 2.15. The zero-order valence-corrected chi connectivity index (χ0v) is 12.1. The van der Waals surface area contributed by atoms with Crippen LogP contribution in [-0.4, -0.2) is 16.2 Å². The minimum Gasteiger partial charge on any atom is -0.494 e. The van der Waals surface area contributed by atoms with Gasteiger partial charge in [-0.15, -0.1) is 0 Å². The quantitative estimate of drug-likeness (QED) is 0.607. The summed E-state index contributed by atoms with van der Waals surface area (Å²) in [6, 6.07) is 11.0. The highest BCUT2D eigenvalue weighted by Crippen LogP contribution is 2.09. The monoisotopic (exact) mass is 292 g/mol. The summed E-state index contributed by atoms with van der Waals surface area (Å²) in [6.45, 7) is 3.09. The summed E-state index contributed by atoms with van der Waals surface area (Å²) in [5.74, 6) is 1.55. The first-order valence-electron chi connectivity index (χ1n) is 6.65. The lowest BCUT2D eigenvalue weighted by Gasteiger charge is -2.11. The molecule has 0 aliphatic rings. The molecular formula is C15H17ClN2O2. The van der Waals surface area contributed by atoms with Crippen LogP contribution in [0, 0.1) is 0 Å². The number of ether oxygens (including phenoxy) is 1. The van der Waals surface area contributed by atoms with Gasteiger partial charge in [0.2, 0.25) is 0 Å². The van der Waals surface area contributed by atoms with Gasteiger partial charge in [-0.3, -0.25) is 9.36 Å². The lowest BCUT2D eigenvalue weighted by molar-refractivity contribution is 0.299. The molecule has 2 rings (SSSR count). The Hall–Kier alpha value is -1.81. The standard InChI is InChI=1S/C15H17ClN2O2/c1-2-14-17-13(16)11-15(19)18(14)9-6-10-20-12-7-4-3-5-8-12/h3-5,7-8,11H,2,6,9-10H2,1H3. The van der Waals surface area contributed by atoms with Crippen molar-refractivity contribution in [2.75, 3.05) is 6.61 Å². The van der Waals surface area contributed by atoms with Crippen LogP contribution in [0.15, 0.2) is 41.2 Å². The normalized spacial score (nSPS) is 10.5. The number of nitrogens with zero attached hydrogens (tertiary/aromatic N) is 2. The van der Waals surface area contributed by atoms with Crippen LogP contribution in [0.5, 0.6) is 5.75 Å². The van der Waals surface area contributed by atoms with Gasteiger partial charge in [-0.25, -0.2) is 4.98 Å². The molecule has 0 spiro atoms. The van der Waals surface area contributed by atoms with Gasteiger partial charge in [-0.1, -0.05) is 36.7 Å². The molecular weight excluding hydrogens is 276 g/mol. The summed E-state index contributed by atoms with van der Waals surface area (Å²) < 4.78 is 7.26. The molecule has 1 heterocycles. The fraction of sp³-hybridized carbons (Fsp3) is 0.333. The first kappa shape index (κ1) is 14.6. The van der Waals surface area contributed by atoms with Crippen molar-refractivity contribution >= 4 is 11.6 Å². The molecule has 0 saturated heterocycles. The van der Waals surface area contributed by atoms with E-state index in [4.69, 9.17) is 16.3 Å². The van der Waals surface area contributed by atoms with Crippen molar-refractivity contribution < 1.29 is 4.74 Å². The van der Waals surface area contributed by atoms with Crippen molar-refractivity contribution in [1.82, 2.24) is 9.55 Å². The number of para-hydroxylation sites is 1. The highest BCUT2D eigenvalue weighted by atomic mass is 35.5. The van der Waals surface area contributed by atoms with Crippen molar-refractivity contribution in [1.29, 1.82) is 0 Å². The molecule has 20 heavy (non-hydrogen) atoms. The number of hydrogen-bond donors (Lipinski definition) is 0. The van der Waals surface area contributed by atoms with E-state index in [0.717, 1.165) is 12.2 Å². The first-order valence-corrected chi connectivity index (χ1v) is 7.02. The van der Waals surface area contributed by atoms with Crippen LogP contribution in [0.4, 0.5) is 0 Å². The summed E-state index contributed by atoms with van der Waals surface area (Å²) in [6.07, 6.45) is 1.42. The molecule has 0 aliphatic heterocycles. The molecule has 0 fully saturated rings. The Bertz CT molecular complexity index is 611. The van der Waals surface area contributed by atoms with Crippen molar-refractivity contribution in [3.05, 3.63) is 57.7 Å². The lowest BCUT2D eigenvalue weighted by Crippen LogP contribution is -2.25. The number of aryl methyl sites for hydroxylation is 1. The van der Waals surface area contributed by atoms with Gasteiger partial charge in [0.1, 0.15) is 16.7 Å². The Labute approximate surface area is 123 Å². The Kier molecular flexibility index (Phi) is 5.18. The molecule has 0 aliphatic carbocycles. The zero-order valence-electron chi connectivity index (χ0n) is 11.4. The molecule has 2 aromatic rings. The maximum absolute atomic E-state index is 11.9. The summed E-state index contributed by atoms with van der Waals surface area (Å²) in [5, 5.41) is 0.253. The second-order valence-electron chi connectivity index (χ2n) is 4.35. The highest BCUT2D eigenvalue weighted by Gasteiger charge is 2.06. The van der Waals surface area contributed by atoms with Crippen LogP contribution in [0.2, 0.25) is 5.15 Å². The van der Waals surface area contributed by atoms with E-state index in [-0.39, 0.29) is 10.7 Å². The molecule has 0 bridgehead atoms. The van der Waals surface area contributed by atoms with Crippen LogP contribution in [-0.2, 0) is 13.0 Å². The van der Waals surface area contributed by atoms with E-state index >= 15 is 0 Å². The molecule has 0 amide bonds. The Balaban J connectivity index is 1.93. The third kappa shape index (κ3) is 3.84. The third-order valence-electron chi connectivity index (χ3n) is 2.91. The number of benzene rings is 1. The first-order chi connectivity index (χ1) is 9.70. The van der Waals surface area contributed by atoms with Gasteiger partial charge in [0.25, 0.3) is 5.56 Å². The number of hydrogen-bond acceptors (Lipinski definition) is 3. The van der Waals surface area contributed by atoms with E-state index in [1.54, 1.807) is 4.57 Å². The summed E-state index contributed by atoms with van der Waals surface area (Å²) >= 11 is 5.79. The molecule has 106 valence electrons. The number of halogens is 1. The summed E-state index contributed by atoms with van der Waals surface area (Å²) in [7, 11) is 0. The maximum atomic E-state index is 11.9. The largest absolute Gasteiger partial charge is 0.494 e. The predicted octanol–water partition coefficient (Wildman–Crippen LogP) is 2.93. The molecule has 0 unspecified atom stereocenters. The lowest BCUT2D eigenvalue weighted by atomic mass is 10.3. The van der Waals surface area contributed by atoms with Crippen LogP contribution < -0.4 is 10.3 Å². The SMILES string of the molecule is CCc1nc(Cl)cc(=O)n1CCCOc1ccccc1. The van der Waals surface area contributed by atoms with Crippen LogP contribution in [0.25, 0.3) is 0 Å². The number of rotatable bonds is 6. The fourth-order valence-electron chi connectivity index (χ4n) is 1.96. The Morgan fingerprint density at radius 2 is 2.05 bits per heavy atom. The minimum absolute atomic E-state index is 0.110. The van der Waals surface area contributed by atoms with E-state index < -0.39 is 0 Å². The van der Waals surface area contributed by atoms with E-state index in [1.807, 2.05) is 37.3 Å².